The van der Waals surface area contributed by atoms with Crippen LogP contribution in [0, 0.1) is 0 Å². The largest absolute Gasteiger partial charge is 0.478 e. The van der Waals surface area contributed by atoms with Crippen LogP contribution < -0.4 is 10.1 Å². The molecule has 108 valence electrons. The third kappa shape index (κ3) is 2.11. The summed E-state index contributed by atoms with van der Waals surface area (Å²) in [6.45, 7) is 2.63. The van der Waals surface area contributed by atoms with Crippen LogP contribution in [0.2, 0.25) is 0 Å². The van der Waals surface area contributed by atoms with Gasteiger partial charge in [-0.3, -0.25) is 4.79 Å². The van der Waals surface area contributed by atoms with Gasteiger partial charge >= 0.3 is 5.97 Å². The van der Waals surface area contributed by atoms with Gasteiger partial charge in [-0.15, -0.1) is 0 Å². The maximum absolute atomic E-state index is 11.8. The second-order valence-corrected chi connectivity index (χ2v) is 6.73. The van der Waals surface area contributed by atoms with Crippen LogP contribution in [0.3, 0.4) is 0 Å². The molecule has 2 N–H and O–H groups in total. The summed E-state index contributed by atoms with van der Waals surface area (Å²) in [5.41, 5.74) is -1.89. The fraction of sp³-hybridized carbons (Fsp3) is 0.333. The van der Waals surface area contributed by atoms with Gasteiger partial charge in [-0.25, -0.2) is 13.2 Å². The molecule has 0 aromatic heterocycles. The number of carboxylic acid groups (broad SMARTS) is 1. The second-order valence-electron chi connectivity index (χ2n) is 4.46. The molecule has 1 aromatic rings. The average molecular weight is 299 g/mol. The molecule has 0 aliphatic carbocycles. The number of carbonyl (C=O) groups is 2. The van der Waals surface area contributed by atoms with E-state index in [-0.39, 0.29) is 22.1 Å². The normalized spacial score (nSPS) is 21.6. The van der Waals surface area contributed by atoms with E-state index in [1.165, 1.54) is 25.1 Å². The van der Waals surface area contributed by atoms with Gasteiger partial charge in [0.15, 0.2) is 9.84 Å². The molecule has 1 aliphatic rings. The lowest BCUT2D eigenvalue weighted by molar-refractivity contribution is -0.159. The smallest absolute Gasteiger partial charge is 0.357 e. The van der Waals surface area contributed by atoms with Crippen LogP contribution in [-0.2, 0) is 19.4 Å². The highest BCUT2D eigenvalue weighted by atomic mass is 32.2. The highest BCUT2D eigenvalue weighted by Gasteiger charge is 2.47. The van der Waals surface area contributed by atoms with Crippen LogP contribution in [0.25, 0.3) is 0 Å². The van der Waals surface area contributed by atoms with E-state index < -0.39 is 27.3 Å². The first-order valence-corrected chi connectivity index (χ1v) is 7.46. The van der Waals surface area contributed by atoms with Crippen LogP contribution in [0.15, 0.2) is 23.1 Å². The molecule has 0 radical (unpaired) electrons. The third-order valence-electron chi connectivity index (χ3n) is 3.09. The first-order valence-electron chi connectivity index (χ1n) is 5.81. The lowest BCUT2D eigenvalue weighted by Crippen LogP contribution is -2.54. The lowest BCUT2D eigenvalue weighted by atomic mass is 10.0. The number of fused-ring (bicyclic) bond motifs is 1. The predicted octanol–water partition coefficient (Wildman–Crippen LogP) is 0.654. The van der Waals surface area contributed by atoms with E-state index in [9.17, 15) is 18.0 Å². The summed E-state index contributed by atoms with van der Waals surface area (Å²) < 4.78 is 28.7. The number of aliphatic carboxylic acids is 1. The summed E-state index contributed by atoms with van der Waals surface area (Å²) in [7, 11) is -3.42. The molecule has 0 spiro atoms. The molecule has 2 rings (SSSR count). The Morgan fingerprint density at radius 2 is 2.10 bits per heavy atom. The quantitative estimate of drug-likeness (QED) is 0.793. The van der Waals surface area contributed by atoms with Crippen LogP contribution in [0.5, 0.6) is 5.75 Å². The average Bonchev–Trinajstić information content (AvgIpc) is 2.39. The number of sulfone groups is 1. The number of hydrogen-bond acceptors (Lipinski definition) is 5. The van der Waals surface area contributed by atoms with Gasteiger partial charge in [-0.05, 0) is 25.1 Å². The summed E-state index contributed by atoms with van der Waals surface area (Å²) >= 11 is 0. The molecule has 1 aliphatic heterocycles. The van der Waals surface area contributed by atoms with Crippen molar-refractivity contribution >= 4 is 27.4 Å². The molecule has 20 heavy (non-hydrogen) atoms. The molecule has 1 atom stereocenters. The fourth-order valence-corrected chi connectivity index (χ4v) is 2.61. The van der Waals surface area contributed by atoms with Gasteiger partial charge in [0.2, 0.25) is 0 Å². The predicted molar refractivity (Wildman–Crippen MR) is 69.5 cm³/mol. The first-order chi connectivity index (χ1) is 9.20. The summed E-state index contributed by atoms with van der Waals surface area (Å²) in [5, 5.41) is 11.4. The van der Waals surface area contributed by atoms with Crippen molar-refractivity contribution in [3.63, 3.8) is 0 Å². The Balaban J connectivity index is 2.49. The monoisotopic (exact) mass is 299 g/mol. The molecule has 1 heterocycles. The highest BCUT2D eigenvalue weighted by Crippen LogP contribution is 2.35. The van der Waals surface area contributed by atoms with Crippen molar-refractivity contribution in [2.45, 2.75) is 24.3 Å². The molecule has 0 bridgehead atoms. The van der Waals surface area contributed by atoms with Gasteiger partial charge in [-0.1, -0.05) is 6.92 Å². The summed E-state index contributed by atoms with van der Waals surface area (Å²) in [4.78, 5) is 22.9. The number of anilines is 1. The fourth-order valence-electron chi connectivity index (χ4n) is 1.70. The van der Waals surface area contributed by atoms with E-state index in [4.69, 9.17) is 9.84 Å². The first kappa shape index (κ1) is 14.3. The number of hydrogen-bond donors (Lipinski definition) is 2. The minimum absolute atomic E-state index is 0.0431. The number of rotatable bonds is 3. The Labute approximate surface area is 115 Å². The number of nitrogens with one attached hydrogen (secondary N) is 1. The van der Waals surface area contributed by atoms with Crippen molar-refractivity contribution in [3.05, 3.63) is 18.2 Å². The van der Waals surface area contributed by atoms with Gasteiger partial charge in [-0.2, -0.15) is 0 Å². The van der Waals surface area contributed by atoms with Crippen LogP contribution in [0.4, 0.5) is 5.69 Å². The molecule has 0 fully saturated rings. The van der Waals surface area contributed by atoms with Crippen molar-refractivity contribution < 1.29 is 27.9 Å². The van der Waals surface area contributed by atoms with Crippen molar-refractivity contribution in [1.82, 2.24) is 0 Å². The summed E-state index contributed by atoms with van der Waals surface area (Å²) in [5.74, 6) is -2.24. The Morgan fingerprint density at radius 1 is 1.45 bits per heavy atom. The maximum Gasteiger partial charge on any atom is 0.357 e. The molecule has 8 heteroatoms. The van der Waals surface area contributed by atoms with Crippen molar-refractivity contribution in [2.24, 2.45) is 0 Å². The number of ether oxygens (including phenoxy) is 1. The molecule has 1 amide bonds. The molecule has 7 nitrogen and oxygen atoms in total. The Bertz CT molecular complexity index is 696. The van der Waals surface area contributed by atoms with Crippen LogP contribution in [-0.4, -0.2) is 36.8 Å². The van der Waals surface area contributed by atoms with E-state index in [1.54, 1.807) is 0 Å². The van der Waals surface area contributed by atoms with E-state index in [2.05, 4.69) is 5.32 Å². The Morgan fingerprint density at radius 3 is 2.65 bits per heavy atom. The third-order valence-corrected chi connectivity index (χ3v) is 4.83. The van der Waals surface area contributed by atoms with Crippen molar-refractivity contribution in [1.29, 1.82) is 0 Å². The minimum atomic E-state index is -3.42. The summed E-state index contributed by atoms with van der Waals surface area (Å²) in [6.07, 6.45) is 0. The number of carbonyl (C=O) groups excluding carboxylic acids is 1. The zero-order valence-corrected chi connectivity index (χ0v) is 11.7. The number of carboxylic acids is 1. The van der Waals surface area contributed by atoms with Gasteiger partial charge in [0.1, 0.15) is 5.75 Å². The topological polar surface area (TPSA) is 110 Å². The van der Waals surface area contributed by atoms with Gasteiger partial charge in [0.05, 0.1) is 16.3 Å². The molecule has 1 aromatic carbocycles. The number of benzene rings is 1. The Hall–Kier alpha value is -2.09. The Kier molecular flexibility index (Phi) is 3.21. The zero-order valence-electron chi connectivity index (χ0n) is 10.8. The summed E-state index contributed by atoms with van der Waals surface area (Å²) in [6, 6.07) is 3.91. The number of amides is 1. The van der Waals surface area contributed by atoms with Crippen molar-refractivity contribution in [2.75, 3.05) is 11.1 Å². The molecule has 0 saturated heterocycles. The van der Waals surface area contributed by atoms with E-state index in [0.717, 1.165) is 6.92 Å². The van der Waals surface area contributed by atoms with Gasteiger partial charge in [0.25, 0.3) is 11.5 Å². The molecule has 0 saturated carbocycles. The lowest BCUT2D eigenvalue weighted by Gasteiger charge is -2.31. The van der Waals surface area contributed by atoms with E-state index >= 15 is 0 Å². The van der Waals surface area contributed by atoms with E-state index in [0.29, 0.717) is 0 Å². The zero-order chi connectivity index (χ0) is 15.1. The van der Waals surface area contributed by atoms with E-state index in [1.807, 2.05) is 0 Å². The standard InChI is InChI=1S/C12H13NO6S/c1-3-20(17,18)7-4-5-9-8(6-7)13-10(14)12(2,19-9)11(15)16/h4-6H,3H2,1-2H3,(H,13,14)(H,15,16)/t12-/m0/s1. The molecule has 0 unspecified atom stereocenters. The van der Waals surface area contributed by atoms with Crippen LogP contribution >= 0.6 is 0 Å². The second kappa shape index (κ2) is 4.48. The molecular formula is C12H13NO6S. The molecular weight excluding hydrogens is 286 g/mol. The maximum atomic E-state index is 11.8. The van der Waals surface area contributed by atoms with Crippen molar-refractivity contribution in [3.8, 4) is 5.75 Å². The van der Waals surface area contributed by atoms with Gasteiger partial charge < -0.3 is 15.2 Å². The minimum Gasteiger partial charge on any atom is -0.478 e. The SMILES string of the molecule is CCS(=O)(=O)c1ccc2c(c1)NC(=O)[C@@](C)(C(=O)O)O2. The van der Waals surface area contributed by atoms with Gasteiger partial charge in [0, 0.05) is 0 Å². The highest BCUT2D eigenvalue weighted by molar-refractivity contribution is 7.91. The van der Waals surface area contributed by atoms with Crippen LogP contribution in [0.1, 0.15) is 13.8 Å².